The van der Waals surface area contributed by atoms with Crippen LogP contribution in [0.3, 0.4) is 0 Å². The Bertz CT molecular complexity index is 246. The highest BCUT2D eigenvalue weighted by Gasteiger charge is 2.22. The average molecular weight is 188 g/mol. The number of rotatable bonds is 3. The third-order valence-corrected chi connectivity index (χ3v) is 3.36. The number of aromatic nitrogens is 2. The second kappa shape index (κ2) is 3.08. The second-order valence-corrected chi connectivity index (χ2v) is 4.39. The lowest BCUT2D eigenvalue weighted by molar-refractivity contribution is 0.426. The Hall–Kier alpha value is -0.130. The van der Waals surface area contributed by atoms with Crippen LogP contribution < -0.4 is 0 Å². The van der Waals surface area contributed by atoms with Crippen LogP contribution in [0, 0.1) is 6.92 Å². The van der Waals surface area contributed by atoms with Crippen molar-refractivity contribution in [3.05, 3.63) is 5.82 Å². The summed E-state index contributed by atoms with van der Waals surface area (Å²) in [5, 5.41) is 0. The molecule has 0 N–H and O–H groups in total. The zero-order valence-corrected chi connectivity index (χ0v) is 7.74. The molecule has 1 aromatic rings. The molecule has 1 aromatic heterocycles. The van der Waals surface area contributed by atoms with Crippen LogP contribution in [0.4, 0.5) is 0 Å². The summed E-state index contributed by atoms with van der Waals surface area (Å²) < 4.78 is 10.2. The van der Waals surface area contributed by atoms with Gasteiger partial charge in [-0.05, 0) is 18.5 Å². The zero-order chi connectivity index (χ0) is 7.68. The first kappa shape index (κ1) is 7.52. The molecule has 1 aliphatic rings. The Morgan fingerprint density at radius 3 is 3.18 bits per heavy atom. The average Bonchev–Trinajstić information content (AvgIpc) is 2.72. The van der Waals surface area contributed by atoms with Crippen molar-refractivity contribution in [2.75, 3.05) is 12.4 Å². The summed E-state index contributed by atoms with van der Waals surface area (Å²) >= 11 is 3.20. The molecular formula is C6H8N2OS2. The molecule has 3 nitrogen and oxygen atoms in total. The Morgan fingerprint density at radius 1 is 1.82 bits per heavy atom. The van der Waals surface area contributed by atoms with Crippen LogP contribution in [0.15, 0.2) is 4.34 Å². The fourth-order valence-corrected chi connectivity index (χ4v) is 2.33. The van der Waals surface area contributed by atoms with Gasteiger partial charge in [0.05, 0.1) is 12.7 Å². The van der Waals surface area contributed by atoms with E-state index in [0.717, 1.165) is 22.5 Å². The van der Waals surface area contributed by atoms with E-state index < -0.39 is 0 Å². The van der Waals surface area contributed by atoms with E-state index in [9.17, 15) is 0 Å². The molecule has 0 radical (unpaired) electrons. The van der Waals surface area contributed by atoms with Gasteiger partial charge in [-0.2, -0.15) is 4.37 Å². The van der Waals surface area contributed by atoms with Gasteiger partial charge < -0.3 is 4.74 Å². The summed E-state index contributed by atoms with van der Waals surface area (Å²) in [7, 11) is 0. The number of aryl methyl sites for hydroxylation is 1. The van der Waals surface area contributed by atoms with E-state index in [0.29, 0.717) is 6.10 Å². The molecule has 0 bridgehead atoms. The van der Waals surface area contributed by atoms with Gasteiger partial charge in [0.15, 0.2) is 4.34 Å². The van der Waals surface area contributed by atoms with Gasteiger partial charge in [0.1, 0.15) is 5.82 Å². The quantitative estimate of drug-likeness (QED) is 0.530. The predicted molar refractivity (Wildman–Crippen MR) is 45.1 cm³/mol. The molecule has 2 rings (SSSR count). The number of nitrogens with zero attached hydrogens (tertiary/aromatic N) is 2. The molecule has 1 unspecified atom stereocenters. The van der Waals surface area contributed by atoms with Crippen molar-refractivity contribution in [2.45, 2.75) is 17.4 Å². The largest absolute Gasteiger partial charge is 0.372 e. The van der Waals surface area contributed by atoms with Crippen LogP contribution in [0.5, 0.6) is 0 Å². The van der Waals surface area contributed by atoms with Gasteiger partial charge in [-0.1, -0.05) is 11.8 Å². The Balaban J connectivity index is 1.85. The molecule has 11 heavy (non-hydrogen) atoms. The van der Waals surface area contributed by atoms with Crippen molar-refractivity contribution in [1.29, 1.82) is 0 Å². The van der Waals surface area contributed by atoms with Crippen molar-refractivity contribution in [3.63, 3.8) is 0 Å². The molecule has 0 aromatic carbocycles. The second-order valence-electron chi connectivity index (χ2n) is 2.37. The van der Waals surface area contributed by atoms with Gasteiger partial charge in [-0.25, -0.2) is 4.98 Å². The third-order valence-electron chi connectivity index (χ3n) is 1.30. The normalized spacial score (nSPS) is 22.1. The summed E-state index contributed by atoms with van der Waals surface area (Å²) in [6.07, 6.45) is 0.476. The minimum Gasteiger partial charge on any atom is -0.372 e. The maximum absolute atomic E-state index is 5.07. The summed E-state index contributed by atoms with van der Waals surface area (Å²) in [6.45, 7) is 2.83. The van der Waals surface area contributed by atoms with Crippen molar-refractivity contribution in [1.82, 2.24) is 9.36 Å². The first-order chi connectivity index (χ1) is 5.34. The van der Waals surface area contributed by atoms with E-state index in [1.54, 1.807) is 11.8 Å². The minimum atomic E-state index is 0.476. The SMILES string of the molecule is Cc1nsc(SCC2CO2)n1. The van der Waals surface area contributed by atoms with E-state index in [4.69, 9.17) is 4.74 Å². The van der Waals surface area contributed by atoms with Crippen LogP contribution in [0.2, 0.25) is 0 Å². The van der Waals surface area contributed by atoms with Gasteiger partial charge in [0, 0.05) is 5.75 Å². The Labute approximate surface area is 73.3 Å². The number of hydrogen-bond donors (Lipinski definition) is 0. The topological polar surface area (TPSA) is 38.3 Å². The van der Waals surface area contributed by atoms with Crippen molar-refractivity contribution in [2.24, 2.45) is 0 Å². The fourth-order valence-electron chi connectivity index (χ4n) is 0.665. The predicted octanol–water partition coefficient (Wildman–Crippen LogP) is 1.34. The van der Waals surface area contributed by atoms with Crippen LogP contribution in [0.25, 0.3) is 0 Å². The first-order valence-corrected chi connectivity index (χ1v) is 5.15. The van der Waals surface area contributed by atoms with Crippen LogP contribution in [0.1, 0.15) is 5.82 Å². The van der Waals surface area contributed by atoms with E-state index in [2.05, 4.69) is 9.36 Å². The van der Waals surface area contributed by atoms with Crippen LogP contribution >= 0.6 is 23.3 Å². The van der Waals surface area contributed by atoms with Crippen molar-refractivity contribution >= 4 is 23.3 Å². The molecule has 0 aliphatic carbocycles. The van der Waals surface area contributed by atoms with E-state index in [-0.39, 0.29) is 0 Å². The molecule has 1 saturated heterocycles. The van der Waals surface area contributed by atoms with Crippen LogP contribution in [-0.4, -0.2) is 27.8 Å². The molecule has 0 saturated carbocycles. The first-order valence-electron chi connectivity index (χ1n) is 3.39. The van der Waals surface area contributed by atoms with Crippen LogP contribution in [-0.2, 0) is 4.74 Å². The molecule has 5 heteroatoms. The maximum Gasteiger partial charge on any atom is 0.170 e. The standard InChI is InChI=1S/C6H8N2OS2/c1-4-7-6(11-8-4)10-3-5-2-9-5/h5H,2-3H2,1H3. The summed E-state index contributed by atoms with van der Waals surface area (Å²) in [5.74, 6) is 1.89. The molecule has 1 atom stereocenters. The molecule has 0 amide bonds. The summed E-state index contributed by atoms with van der Waals surface area (Å²) in [5.41, 5.74) is 0. The summed E-state index contributed by atoms with van der Waals surface area (Å²) in [4.78, 5) is 4.23. The minimum absolute atomic E-state index is 0.476. The fraction of sp³-hybridized carbons (Fsp3) is 0.667. The third kappa shape index (κ3) is 2.15. The molecule has 0 spiro atoms. The van der Waals surface area contributed by atoms with E-state index in [1.807, 2.05) is 6.92 Å². The number of hydrogen-bond acceptors (Lipinski definition) is 5. The van der Waals surface area contributed by atoms with Crippen molar-refractivity contribution in [3.8, 4) is 0 Å². The molecule has 1 aliphatic heterocycles. The van der Waals surface area contributed by atoms with Gasteiger partial charge in [0.25, 0.3) is 0 Å². The lowest BCUT2D eigenvalue weighted by Crippen LogP contribution is -1.87. The van der Waals surface area contributed by atoms with Gasteiger partial charge in [0.2, 0.25) is 0 Å². The summed E-state index contributed by atoms with van der Waals surface area (Å²) in [6, 6.07) is 0. The van der Waals surface area contributed by atoms with Gasteiger partial charge in [-0.3, -0.25) is 0 Å². The van der Waals surface area contributed by atoms with Gasteiger partial charge >= 0.3 is 0 Å². The molecule has 1 fully saturated rings. The number of thioether (sulfide) groups is 1. The highest BCUT2D eigenvalue weighted by Crippen LogP contribution is 2.24. The number of epoxide rings is 1. The van der Waals surface area contributed by atoms with Gasteiger partial charge in [-0.15, -0.1) is 0 Å². The molecule has 60 valence electrons. The number of ether oxygens (including phenoxy) is 1. The lowest BCUT2D eigenvalue weighted by atomic mass is 10.6. The lowest BCUT2D eigenvalue weighted by Gasteiger charge is -1.88. The Kier molecular flexibility index (Phi) is 2.11. The monoisotopic (exact) mass is 188 g/mol. The highest BCUT2D eigenvalue weighted by molar-refractivity contribution is 8.00. The maximum atomic E-state index is 5.07. The zero-order valence-electron chi connectivity index (χ0n) is 6.11. The highest BCUT2D eigenvalue weighted by atomic mass is 32.2. The molecular weight excluding hydrogens is 180 g/mol. The van der Waals surface area contributed by atoms with E-state index >= 15 is 0 Å². The Morgan fingerprint density at radius 2 is 2.64 bits per heavy atom. The van der Waals surface area contributed by atoms with Crippen molar-refractivity contribution < 1.29 is 4.74 Å². The smallest absolute Gasteiger partial charge is 0.170 e. The molecule has 2 heterocycles. The van der Waals surface area contributed by atoms with E-state index in [1.165, 1.54) is 11.5 Å².